The summed E-state index contributed by atoms with van der Waals surface area (Å²) in [5.41, 5.74) is 1.84. The number of Topliss-reactive ketones (excluding diaryl/α,β-unsaturated/α-hetero) is 1. The van der Waals surface area contributed by atoms with Crippen LogP contribution in [0.25, 0.3) is 5.76 Å². The number of halogens is 2. The first-order valence-electron chi connectivity index (χ1n) is 9.04. The number of hydrogen-bond acceptors (Lipinski definition) is 5. The molecule has 3 aromatic rings. The molecule has 0 unspecified atom stereocenters. The number of amides is 1. The molecular formula is C22H16Cl2N2O4. The van der Waals surface area contributed by atoms with Gasteiger partial charge in [0.15, 0.2) is 5.82 Å². The van der Waals surface area contributed by atoms with Crippen molar-refractivity contribution < 1.29 is 19.2 Å². The van der Waals surface area contributed by atoms with E-state index in [-0.39, 0.29) is 22.2 Å². The fourth-order valence-corrected chi connectivity index (χ4v) is 3.71. The lowest BCUT2D eigenvalue weighted by Crippen LogP contribution is -2.29. The van der Waals surface area contributed by atoms with Gasteiger partial charge in [0, 0.05) is 11.6 Å². The summed E-state index contributed by atoms with van der Waals surface area (Å²) in [4.78, 5) is 27.1. The van der Waals surface area contributed by atoms with E-state index in [4.69, 9.17) is 27.7 Å². The van der Waals surface area contributed by atoms with E-state index in [1.54, 1.807) is 55.5 Å². The lowest BCUT2D eigenvalue weighted by molar-refractivity contribution is -0.132. The van der Waals surface area contributed by atoms with Gasteiger partial charge in [0.2, 0.25) is 0 Å². The standard InChI is InChI=1S/C22H16Cl2N2O4/c1-11-3-5-13(6-4-11)20(27)18-19(14-7-8-15(23)16(24)10-14)26(22(29)21(18)28)17-9-12(2)30-25-17/h3-10,19,27H,1-2H3/t19-/m0/s1. The topological polar surface area (TPSA) is 83.6 Å². The average molecular weight is 443 g/mol. The zero-order valence-electron chi connectivity index (χ0n) is 16.0. The molecule has 1 aromatic heterocycles. The van der Waals surface area contributed by atoms with Gasteiger partial charge in [-0.1, -0.05) is 64.3 Å². The van der Waals surface area contributed by atoms with Crippen LogP contribution in [0.15, 0.2) is 58.6 Å². The predicted molar refractivity (Wildman–Crippen MR) is 114 cm³/mol. The molecular weight excluding hydrogens is 427 g/mol. The molecule has 152 valence electrons. The van der Waals surface area contributed by atoms with Crippen LogP contribution in [0.3, 0.4) is 0 Å². The van der Waals surface area contributed by atoms with E-state index in [2.05, 4.69) is 5.16 Å². The van der Waals surface area contributed by atoms with Crippen LogP contribution in [-0.4, -0.2) is 22.0 Å². The lowest BCUT2D eigenvalue weighted by atomic mass is 9.95. The van der Waals surface area contributed by atoms with Gasteiger partial charge in [-0.3, -0.25) is 14.5 Å². The molecule has 6 nitrogen and oxygen atoms in total. The van der Waals surface area contributed by atoms with E-state index in [1.165, 1.54) is 4.90 Å². The maximum absolute atomic E-state index is 13.0. The van der Waals surface area contributed by atoms with Crippen LogP contribution in [0.5, 0.6) is 0 Å². The number of ketones is 1. The van der Waals surface area contributed by atoms with Crippen LogP contribution >= 0.6 is 23.2 Å². The lowest BCUT2D eigenvalue weighted by Gasteiger charge is -2.23. The number of carbonyl (C=O) groups excluding carboxylic acids is 2. The summed E-state index contributed by atoms with van der Waals surface area (Å²) in [5.74, 6) is -1.31. The molecule has 0 aliphatic carbocycles. The number of aliphatic hydroxyl groups is 1. The van der Waals surface area contributed by atoms with Gasteiger partial charge in [-0.05, 0) is 31.5 Å². The summed E-state index contributed by atoms with van der Waals surface area (Å²) in [5, 5.41) is 15.5. The zero-order valence-corrected chi connectivity index (χ0v) is 17.5. The molecule has 1 N–H and O–H groups in total. The Balaban J connectivity index is 1.96. The SMILES string of the molecule is Cc1ccc(C(O)=C2C(=O)C(=O)N(c3cc(C)on3)[C@H]2c2ccc(Cl)c(Cl)c2)cc1. The van der Waals surface area contributed by atoms with Crippen molar-refractivity contribution in [2.45, 2.75) is 19.9 Å². The van der Waals surface area contributed by atoms with Crippen molar-refractivity contribution in [3.05, 3.63) is 86.6 Å². The van der Waals surface area contributed by atoms with Gasteiger partial charge in [-0.25, -0.2) is 0 Å². The molecule has 2 heterocycles. The highest BCUT2D eigenvalue weighted by molar-refractivity contribution is 6.51. The maximum Gasteiger partial charge on any atom is 0.301 e. The Bertz CT molecular complexity index is 1200. The summed E-state index contributed by atoms with van der Waals surface area (Å²) in [6, 6.07) is 12.3. The van der Waals surface area contributed by atoms with Crippen molar-refractivity contribution in [2.24, 2.45) is 0 Å². The Hall–Kier alpha value is -3.09. The molecule has 2 aromatic carbocycles. The van der Waals surface area contributed by atoms with Gasteiger partial charge in [0.1, 0.15) is 11.5 Å². The normalized spacial score (nSPS) is 18.3. The summed E-state index contributed by atoms with van der Waals surface area (Å²) in [7, 11) is 0. The molecule has 0 bridgehead atoms. The number of hydrogen-bond donors (Lipinski definition) is 1. The van der Waals surface area contributed by atoms with Crippen LogP contribution in [0.4, 0.5) is 5.82 Å². The quantitative estimate of drug-likeness (QED) is 0.341. The number of nitrogens with zero attached hydrogens (tertiary/aromatic N) is 2. The second kappa shape index (κ2) is 7.63. The molecule has 1 aliphatic heterocycles. The Kier molecular flexibility index (Phi) is 5.13. The number of aliphatic hydroxyl groups excluding tert-OH is 1. The highest BCUT2D eigenvalue weighted by Crippen LogP contribution is 2.43. The first kappa shape index (κ1) is 20.2. The highest BCUT2D eigenvalue weighted by atomic mass is 35.5. The maximum atomic E-state index is 13.0. The monoisotopic (exact) mass is 442 g/mol. The van der Waals surface area contributed by atoms with Crippen molar-refractivity contribution in [3.8, 4) is 0 Å². The highest BCUT2D eigenvalue weighted by Gasteiger charge is 2.48. The Morgan fingerprint density at radius 1 is 1.03 bits per heavy atom. The van der Waals surface area contributed by atoms with E-state index in [9.17, 15) is 14.7 Å². The van der Waals surface area contributed by atoms with Crippen LogP contribution in [0, 0.1) is 13.8 Å². The molecule has 1 amide bonds. The van der Waals surface area contributed by atoms with Gasteiger partial charge >= 0.3 is 5.91 Å². The number of aryl methyl sites for hydroxylation is 2. The molecule has 1 fully saturated rings. The molecule has 0 saturated carbocycles. The third-order valence-electron chi connectivity index (χ3n) is 4.89. The van der Waals surface area contributed by atoms with E-state index >= 15 is 0 Å². The van der Waals surface area contributed by atoms with Crippen molar-refractivity contribution in [1.29, 1.82) is 0 Å². The van der Waals surface area contributed by atoms with E-state index < -0.39 is 17.7 Å². The summed E-state index contributed by atoms with van der Waals surface area (Å²) in [6.45, 7) is 3.58. The molecule has 8 heteroatoms. The van der Waals surface area contributed by atoms with E-state index in [0.717, 1.165) is 5.56 Å². The van der Waals surface area contributed by atoms with Gasteiger partial charge < -0.3 is 9.63 Å². The van der Waals surface area contributed by atoms with Crippen molar-refractivity contribution in [1.82, 2.24) is 5.16 Å². The minimum absolute atomic E-state index is 0.0668. The average Bonchev–Trinajstić information content (AvgIpc) is 3.25. The fourth-order valence-electron chi connectivity index (χ4n) is 3.40. The Morgan fingerprint density at radius 3 is 2.33 bits per heavy atom. The Labute approximate surface area is 182 Å². The number of carbonyl (C=O) groups is 2. The van der Waals surface area contributed by atoms with E-state index in [1.807, 2.05) is 6.92 Å². The minimum Gasteiger partial charge on any atom is -0.507 e. The van der Waals surface area contributed by atoms with Crippen LogP contribution in [0.2, 0.25) is 10.0 Å². The van der Waals surface area contributed by atoms with Crippen molar-refractivity contribution in [3.63, 3.8) is 0 Å². The zero-order chi connectivity index (χ0) is 21.6. The minimum atomic E-state index is -0.953. The van der Waals surface area contributed by atoms with E-state index in [0.29, 0.717) is 21.9 Å². The molecule has 1 atom stereocenters. The molecule has 1 saturated heterocycles. The predicted octanol–water partition coefficient (Wildman–Crippen LogP) is 5.22. The van der Waals surface area contributed by atoms with Gasteiger partial charge in [0.05, 0.1) is 21.7 Å². The molecule has 0 radical (unpaired) electrons. The third-order valence-corrected chi connectivity index (χ3v) is 5.63. The molecule has 0 spiro atoms. The first-order valence-corrected chi connectivity index (χ1v) is 9.80. The van der Waals surface area contributed by atoms with Gasteiger partial charge in [-0.2, -0.15) is 0 Å². The second-order valence-corrected chi connectivity index (χ2v) is 7.82. The van der Waals surface area contributed by atoms with Crippen molar-refractivity contribution in [2.75, 3.05) is 4.90 Å². The third kappa shape index (κ3) is 3.38. The van der Waals surface area contributed by atoms with Crippen LogP contribution in [0.1, 0.15) is 28.5 Å². The Morgan fingerprint density at radius 2 is 1.73 bits per heavy atom. The first-order chi connectivity index (χ1) is 14.3. The van der Waals surface area contributed by atoms with Crippen LogP contribution in [-0.2, 0) is 9.59 Å². The largest absolute Gasteiger partial charge is 0.507 e. The summed E-state index contributed by atoms with van der Waals surface area (Å²) >= 11 is 12.2. The smallest absolute Gasteiger partial charge is 0.301 e. The number of aromatic nitrogens is 1. The molecule has 4 rings (SSSR count). The molecule has 1 aliphatic rings. The number of rotatable bonds is 3. The fraction of sp³-hybridized carbons (Fsp3) is 0.136. The van der Waals surface area contributed by atoms with Crippen molar-refractivity contribution >= 4 is 46.5 Å². The summed E-state index contributed by atoms with van der Waals surface area (Å²) < 4.78 is 5.10. The second-order valence-electron chi connectivity index (χ2n) is 7.00. The van der Waals surface area contributed by atoms with Gasteiger partial charge in [-0.15, -0.1) is 0 Å². The van der Waals surface area contributed by atoms with Crippen LogP contribution < -0.4 is 4.90 Å². The summed E-state index contributed by atoms with van der Waals surface area (Å²) in [6.07, 6.45) is 0. The van der Waals surface area contributed by atoms with Gasteiger partial charge in [0.25, 0.3) is 5.78 Å². The molecule has 30 heavy (non-hydrogen) atoms. The number of anilines is 1. The number of benzene rings is 2.